The molecule has 0 aromatic carbocycles. The van der Waals surface area contributed by atoms with E-state index in [1.807, 2.05) is 0 Å². The molecular weight excluding hydrogens is 396 g/mol. The monoisotopic (exact) mass is 436 g/mol. The summed E-state index contributed by atoms with van der Waals surface area (Å²) in [6.07, 6.45) is 1.85. The van der Waals surface area contributed by atoms with Crippen LogP contribution in [0, 0.1) is 0 Å². The van der Waals surface area contributed by atoms with E-state index in [9.17, 15) is 14.7 Å². The number of ether oxygens (including phenoxy) is 4. The summed E-state index contributed by atoms with van der Waals surface area (Å²) in [6, 6.07) is -0.225. The highest BCUT2D eigenvalue weighted by molar-refractivity contribution is 5.77. The third-order valence-electron chi connectivity index (χ3n) is 3.95. The second-order valence-corrected chi connectivity index (χ2v) is 6.72. The molecule has 0 rings (SSSR count). The molecule has 178 valence electrons. The Kier molecular flexibility index (Phi) is 20.0. The standard InChI is InChI=1S/C19H40N4O7/c1-16(24)17(21)4-2-3-6-22-18(25)14-30-13-11-28-9-7-23-19(26)15-29-12-10-27-8-5-20/h16-17,24H,2-15,20-21H2,1H3,(H,22,25)(H,23,26)/t16?,17-/m0/s1. The zero-order valence-electron chi connectivity index (χ0n) is 18.1. The lowest BCUT2D eigenvalue weighted by atomic mass is 10.1. The van der Waals surface area contributed by atoms with Crippen molar-refractivity contribution in [3.8, 4) is 0 Å². The Bertz CT molecular complexity index is 428. The van der Waals surface area contributed by atoms with E-state index in [1.165, 1.54) is 0 Å². The minimum Gasteiger partial charge on any atom is -0.392 e. The molecule has 1 unspecified atom stereocenters. The van der Waals surface area contributed by atoms with Gasteiger partial charge in [-0.1, -0.05) is 6.42 Å². The van der Waals surface area contributed by atoms with Gasteiger partial charge < -0.3 is 46.2 Å². The lowest BCUT2D eigenvalue weighted by Gasteiger charge is -2.14. The molecule has 0 radical (unpaired) electrons. The van der Waals surface area contributed by atoms with Gasteiger partial charge in [0.05, 0.1) is 45.7 Å². The fourth-order valence-electron chi connectivity index (χ4n) is 2.19. The number of hydrogen-bond acceptors (Lipinski definition) is 9. The topological polar surface area (TPSA) is 167 Å². The number of unbranched alkanes of at least 4 members (excludes halogenated alkanes) is 1. The number of aliphatic hydroxyl groups is 1. The zero-order chi connectivity index (χ0) is 22.5. The minimum atomic E-state index is -0.516. The average molecular weight is 437 g/mol. The second kappa shape index (κ2) is 20.9. The molecule has 0 aliphatic carbocycles. The highest BCUT2D eigenvalue weighted by Gasteiger charge is 2.08. The number of carbonyl (C=O) groups excluding carboxylic acids is 2. The highest BCUT2D eigenvalue weighted by Crippen LogP contribution is 2.01. The fourth-order valence-corrected chi connectivity index (χ4v) is 2.19. The maximum Gasteiger partial charge on any atom is 0.246 e. The molecule has 30 heavy (non-hydrogen) atoms. The van der Waals surface area contributed by atoms with Crippen LogP contribution in [0.4, 0.5) is 0 Å². The number of nitrogens with two attached hydrogens (primary N) is 2. The largest absolute Gasteiger partial charge is 0.392 e. The number of hydrogen-bond donors (Lipinski definition) is 5. The van der Waals surface area contributed by atoms with Crippen molar-refractivity contribution < 1.29 is 33.6 Å². The van der Waals surface area contributed by atoms with Gasteiger partial charge in [-0.3, -0.25) is 9.59 Å². The van der Waals surface area contributed by atoms with E-state index in [4.69, 9.17) is 30.4 Å². The van der Waals surface area contributed by atoms with Crippen LogP contribution in [0.15, 0.2) is 0 Å². The van der Waals surface area contributed by atoms with Gasteiger partial charge in [0.1, 0.15) is 13.2 Å². The molecule has 2 amide bonds. The molecule has 0 heterocycles. The van der Waals surface area contributed by atoms with E-state index in [-0.39, 0.29) is 37.7 Å². The van der Waals surface area contributed by atoms with Gasteiger partial charge in [0.2, 0.25) is 11.8 Å². The van der Waals surface area contributed by atoms with Crippen LogP contribution in [0.5, 0.6) is 0 Å². The van der Waals surface area contributed by atoms with Crippen LogP contribution in [0.25, 0.3) is 0 Å². The van der Waals surface area contributed by atoms with E-state index in [1.54, 1.807) is 6.92 Å². The normalized spacial score (nSPS) is 13.1. The van der Waals surface area contributed by atoms with Crippen molar-refractivity contribution in [3.05, 3.63) is 0 Å². The SMILES string of the molecule is CC(O)[C@@H](N)CCCCNC(=O)COCCOCCNC(=O)COCCOCCN. The summed E-state index contributed by atoms with van der Waals surface area (Å²) >= 11 is 0. The third-order valence-corrected chi connectivity index (χ3v) is 3.95. The molecule has 0 saturated heterocycles. The lowest BCUT2D eigenvalue weighted by Crippen LogP contribution is -2.33. The first kappa shape index (κ1) is 28.7. The molecule has 0 aliphatic heterocycles. The molecule has 0 saturated carbocycles. The molecule has 7 N–H and O–H groups in total. The van der Waals surface area contributed by atoms with E-state index in [0.29, 0.717) is 52.7 Å². The van der Waals surface area contributed by atoms with Crippen molar-refractivity contribution in [2.24, 2.45) is 11.5 Å². The van der Waals surface area contributed by atoms with Crippen molar-refractivity contribution in [1.82, 2.24) is 10.6 Å². The van der Waals surface area contributed by atoms with Gasteiger partial charge in [-0.05, 0) is 19.8 Å². The van der Waals surface area contributed by atoms with Crippen LogP contribution in [0.1, 0.15) is 26.2 Å². The summed E-state index contributed by atoms with van der Waals surface area (Å²) in [7, 11) is 0. The quantitative estimate of drug-likeness (QED) is 0.129. The van der Waals surface area contributed by atoms with Crippen molar-refractivity contribution in [3.63, 3.8) is 0 Å². The van der Waals surface area contributed by atoms with E-state index in [2.05, 4.69) is 10.6 Å². The van der Waals surface area contributed by atoms with Crippen LogP contribution in [0.2, 0.25) is 0 Å². The Hall–Kier alpha value is -1.34. The first-order chi connectivity index (χ1) is 14.5. The van der Waals surface area contributed by atoms with Crippen LogP contribution in [-0.4, -0.2) is 102 Å². The maximum atomic E-state index is 11.6. The van der Waals surface area contributed by atoms with E-state index >= 15 is 0 Å². The molecular formula is C19H40N4O7. The Morgan fingerprint density at radius 3 is 1.93 bits per heavy atom. The molecule has 2 atom stereocenters. The summed E-state index contributed by atoms with van der Waals surface area (Å²) in [5, 5.41) is 14.7. The minimum absolute atomic E-state index is 0.0282. The van der Waals surface area contributed by atoms with Crippen molar-refractivity contribution in [1.29, 1.82) is 0 Å². The molecule has 0 aromatic heterocycles. The Morgan fingerprint density at radius 1 is 0.833 bits per heavy atom. The number of carbonyl (C=O) groups is 2. The molecule has 0 bridgehead atoms. The summed E-state index contributed by atoms with van der Waals surface area (Å²) in [4.78, 5) is 23.1. The summed E-state index contributed by atoms with van der Waals surface area (Å²) < 4.78 is 20.8. The van der Waals surface area contributed by atoms with Gasteiger partial charge in [0.15, 0.2) is 0 Å². The average Bonchev–Trinajstić information content (AvgIpc) is 2.71. The third kappa shape index (κ3) is 20.0. The molecule has 0 aromatic rings. The first-order valence-corrected chi connectivity index (χ1v) is 10.5. The molecule has 0 fully saturated rings. The lowest BCUT2D eigenvalue weighted by molar-refractivity contribution is -0.127. The predicted octanol–water partition coefficient (Wildman–Crippen LogP) is -1.88. The molecule has 11 nitrogen and oxygen atoms in total. The zero-order valence-corrected chi connectivity index (χ0v) is 18.1. The number of nitrogens with one attached hydrogen (secondary N) is 2. The number of rotatable bonds is 21. The van der Waals surface area contributed by atoms with Crippen LogP contribution < -0.4 is 22.1 Å². The van der Waals surface area contributed by atoms with E-state index < -0.39 is 6.10 Å². The van der Waals surface area contributed by atoms with Crippen molar-refractivity contribution in [2.75, 3.05) is 72.5 Å². The summed E-state index contributed by atoms with van der Waals surface area (Å²) in [5.41, 5.74) is 11.0. The van der Waals surface area contributed by atoms with E-state index in [0.717, 1.165) is 19.3 Å². The highest BCUT2D eigenvalue weighted by atomic mass is 16.5. The van der Waals surface area contributed by atoms with Gasteiger partial charge in [0.25, 0.3) is 0 Å². The molecule has 0 aliphatic rings. The molecule has 11 heteroatoms. The smallest absolute Gasteiger partial charge is 0.246 e. The van der Waals surface area contributed by atoms with Gasteiger partial charge in [-0.2, -0.15) is 0 Å². The van der Waals surface area contributed by atoms with Gasteiger partial charge in [0, 0.05) is 25.7 Å². The Labute approximate surface area is 179 Å². The van der Waals surface area contributed by atoms with Gasteiger partial charge in [-0.25, -0.2) is 0 Å². The molecule has 0 spiro atoms. The first-order valence-electron chi connectivity index (χ1n) is 10.5. The number of amides is 2. The van der Waals surface area contributed by atoms with Crippen molar-refractivity contribution >= 4 is 11.8 Å². The Morgan fingerprint density at radius 2 is 1.37 bits per heavy atom. The Balaban J connectivity index is 3.33. The van der Waals surface area contributed by atoms with Crippen LogP contribution in [-0.2, 0) is 28.5 Å². The van der Waals surface area contributed by atoms with Gasteiger partial charge in [-0.15, -0.1) is 0 Å². The summed E-state index contributed by atoms with van der Waals surface area (Å²) in [6.45, 7) is 5.17. The maximum absolute atomic E-state index is 11.6. The number of aliphatic hydroxyl groups excluding tert-OH is 1. The van der Waals surface area contributed by atoms with Crippen LogP contribution >= 0.6 is 0 Å². The summed E-state index contributed by atoms with van der Waals surface area (Å²) in [5.74, 6) is -0.409. The van der Waals surface area contributed by atoms with Gasteiger partial charge >= 0.3 is 0 Å². The fraction of sp³-hybridized carbons (Fsp3) is 0.895. The van der Waals surface area contributed by atoms with Crippen molar-refractivity contribution in [2.45, 2.75) is 38.3 Å². The predicted molar refractivity (Wildman–Crippen MR) is 112 cm³/mol. The van der Waals surface area contributed by atoms with Crippen LogP contribution in [0.3, 0.4) is 0 Å². The second-order valence-electron chi connectivity index (χ2n) is 6.72.